The molecule has 1 atom stereocenters. The molecule has 0 unspecified atom stereocenters. The van der Waals surface area contributed by atoms with Crippen molar-refractivity contribution in [3.05, 3.63) is 35.9 Å². The molecule has 0 saturated heterocycles. The molecule has 0 bridgehead atoms. The van der Waals surface area contributed by atoms with Crippen LogP contribution in [0.15, 0.2) is 30.3 Å². The summed E-state index contributed by atoms with van der Waals surface area (Å²) in [4.78, 5) is 23.1. The Morgan fingerprint density at radius 1 is 1.29 bits per heavy atom. The second kappa shape index (κ2) is 8.79. The standard InChI is InChI=1S/C16H21NO4/c1-4-17-16(19)12(3)21-15(18)11-10-13-8-6-7-9-14(13)20-5-2/h6-12H,4-5H2,1-3H3,(H,17,19)/b11-10+/t12-/m1/s1. The van der Waals surface area contributed by atoms with Gasteiger partial charge in [-0.2, -0.15) is 0 Å². The van der Waals surface area contributed by atoms with Crippen molar-refractivity contribution in [3.8, 4) is 5.75 Å². The van der Waals surface area contributed by atoms with E-state index in [-0.39, 0.29) is 5.91 Å². The highest BCUT2D eigenvalue weighted by molar-refractivity contribution is 5.90. The molecule has 0 aliphatic heterocycles. The largest absolute Gasteiger partial charge is 0.493 e. The Labute approximate surface area is 124 Å². The number of hydrogen-bond donors (Lipinski definition) is 1. The molecule has 0 aliphatic rings. The zero-order chi connectivity index (χ0) is 15.7. The van der Waals surface area contributed by atoms with Gasteiger partial charge >= 0.3 is 5.97 Å². The van der Waals surface area contributed by atoms with E-state index in [0.29, 0.717) is 18.9 Å². The molecule has 114 valence electrons. The zero-order valence-corrected chi connectivity index (χ0v) is 12.6. The van der Waals surface area contributed by atoms with E-state index in [4.69, 9.17) is 9.47 Å². The van der Waals surface area contributed by atoms with Crippen LogP contribution in [0.5, 0.6) is 5.75 Å². The average Bonchev–Trinajstić information content (AvgIpc) is 2.47. The van der Waals surface area contributed by atoms with Crippen LogP contribution >= 0.6 is 0 Å². The number of carbonyl (C=O) groups is 2. The summed E-state index contributed by atoms with van der Waals surface area (Å²) < 4.78 is 10.5. The van der Waals surface area contributed by atoms with Crippen molar-refractivity contribution in [3.63, 3.8) is 0 Å². The highest BCUT2D eigenvalue weighted by atomic mass is 16.5. The third kappa shape index (κ3) is 5.69. The number of carbonyl (C=O) groups excluding carboxylic acids is 2. The summed E-state index contributed by atoms with van der Waals surface area (Å²) in [6.45, 7) is 6.27. The number of nitrogens with one attached hydrogen (secondary N) is 1. The molecule has 1 rings (SSSR count). The van der Waals surface area contributed by atoms with E-state index < -0.39 is 12.1 Å². The molecule has 0 aromatic heterocycles. The van der Waals surface area contributed by atoms with Crippen molar-refractivity contribution < 1.29 is 19.1 Å². The Morgan fingerprint density at radius 2 is 2.00 bits per heavy atom. The second-order valence-corrected chi connectivity index (χ2v) is 4.28. The van der Waals surface area contributed by atoms with Gasteiger partial charge in [0, 0.05) is 18.2 Å². The molecule has 5 nitrogen and oxygen atoms in total. The number of para-hydroxylation sites is 1. The van der Waals surface area contributed by atoms with E-state index in [1.54, 1.807) is 13.0 Å². The van der Waals surface area contributed by atoms with E-state index in [2.05, 4.69) is 5.32 Å². The van der Waals surface area contributed by atoms with Crippen LogP contribution in [0.25, 0.3) is 6.08 Å². The van der Waals surface area contributed by atoms with Gasteiger partial charge in [-0.05, 0) is 32.9 Å². The summed E-state index contributed by atoms with van der Waals surface area (Å²) in [5.74, 6) is -0.185. The van der Waals surface area contributed by atoms with Crippen LogP contribution in [0.4, 0.5) is 0 Å². The minimum absolute atomic E-state index is 0.311. The highest BCUT2D eigenvalue weighted by Crippen LogP contribution is 2.19. The van der Waals surface area contributed by atoms with Crippen molar-refractivity contribution in [1.29, 1.82) is 0 Å². The van der Waals surface area contributed by atoms with Crippen molar-refractivity contribution in [1.82, 2.24) is 5.32 Å². The van der Waals surface area contributed by atoms with Crippen LogP contribution in [0.1, 0.15) is 26.3 Å². The summed E-state index contributed by atoms with van der Waals surface area (Å²) in [5, 5.41) is 2.59. The van der Waals surface area contributed by atoms with Crippen molar-refractivity contribution in [2.45, 2.75) is 26.9 Å². The molecular formula is C16H21NO4. The van der Waals surface area contributed by atoms with Crippen LogP contribution in [-0.2, 0) is 14.3 Å². The lowest BCUT2D eigenvalue weighted by atomic mass is 10.2. The SMILES string of the molecule is CCNC(=O)[C@@H](C)OC(=O)/C=C/c1ccccc1OCC. The Morgan fingerprint density at radius 3 is 2.67 bits per heavy atom. The van der Waals surface area contributed by atoms with Gasteiger partial charge < -0.3 is 14.8 Å². The van der Waals surface area contributed by atoms with Gasteiger partial charge in [-0.3, -0.25) is 4.79 Å². The maximum atomic E-state index is 11.7. The number of hydrogen-bond acceptors (Lipinski definition) is 4. The number of esters is 1. The predicted octanol–water partition coefficient (Wildman–Crippen LogP) is 2.17. The van der Waals surface area contributed by atoms with Gasteiger partial charge in [0.2, 0.25) is 0 Å². The van der Waals surface area contributed by atoms with E-state index in [1.807, 2.05) is 31.2 Å². The summed E-state index contributed by atoms with van der Waals surface area (Å²) >= 11 is 0. The fourth-order valence-corrected chi connectivity index (χ4v) is 1.65. The lowest BCUT2D eigenvalue weighted by Crippen LogP contribution is -2.35. The van der Waals surface area contributed by atoms with Gasteiger partial charge in [-0.15, -0.1) is 0 Å². The zero-order valence-electron chi connectivity index (χ0n) is 12.6. The molecule has 1 aromatic carbocycles. The van der Waals surface area contributed by atoms with Crippen LogP contribution in [0.3, 0.4) is 0 Å². The van der Waals surface area contributed by atoms with E-state index in [0.717, 1.165) is 5.56 Å². The van der Waals surface area contributed by atoms with Crippen molar-refractivity contribution >= 4 is 18.0 Å². The Hall–Kier alpha value is -2.30. The van der Waals surface area contributed by atoms with E-state index in [9.17, 15) is 9.59 Å². The third-order valence-corrected chi connectivity index (χ3v) is 2.63. The minimum atomic E-state index is -0.816. The van der Waals surface area contributed by atoms with Crippen molar-refractivity contribution in [2.24, 2.45) is 0 Å². The maximum absolute atomic E-state index is 11.7. The van der Waals surface area contributed by atoms with E-state index >= 15 is 0 Å². The van der Waals surface area contributed by atoms with Gasteiger partial charge in [0.05, 0.1) is 6.61 Å². The van der Waals surface area contributed by atoms with Crippen LogP contribution in [0, 0.1) is 0 Å². The molecule has 1 N–H and O–H groups in total. The van der Waals surface area contributed by atoms with Gasteiger partial charge in [-0.1, -0.05) is 18.2 Å². The average molecular weight is 291 g/mol. The summed E-state index contributed by atoms with van der Waals surface area (Å²) in [7, 11) is 0. The van der Waals surface area contributed by atoms with Gasteiger partial charge in [0.15, 0.2) is 6.10 Å². The normalized spacial score (nSPS) is 12.0. The second-order valence-electron chi connectivity index (χ2n) is 4.28. The first-order chi connectivity index (χ1) is 10.1. The third-order valence-electron chi connectivity index (χ3n) is 2.63. The van der Waals surface area contributed by atoms with Crippen molar-refractivity contribution in [2.75, 3.05) is 13.2 Å². The fourth-order valence-electron chi connectivity index (χ4n) is 1.65. The Kier molecular flexibility index (Phi) is 7.01. The first-order valence-electron chi connectivity index (χ1n) is 6.96. The summed E-state index contributed by atoms with van der Waals surface area (Å²) in [6, 6.07) is 7.37. The predicted molar refractivity (Wildman–Crippen MR) is 80.9 cm³/mol. The number of likely N-dealkylation sites (N-methyl/N-ethyl adjacent to an activating group) is 1. The number of benzene rings is 1. The van der Waals surface area contributed by atoms with Crippen LogP contribution in [-0.4, -0.2) is 31.1 Å². The van der Waals surface area contributed by atoms with Gasteiger partial charge in [0.1, 0.15) is 5.75 Å². The number of ether oxygens (including phenoxy) is 2. The lowest BCUT2D eigenvalue weighted by molar-refractivity contribution is -0.150. The lowest BCUT2D eigenvalue weighted by Gasteiger charge is -2.11. The fraction of sp³-hybridized carbons (Fsp3) is 0.375. The molecule has 5 heteroatoms. The number of amides is 1. The topological polar surface area (TPSA) is 64.6 Å². The van der Waals surface area contributed by atoms with Gasteiger partial charge in [0.25, 0.3) is 5.91 Å². The Balaban J connectivity index is 2.64. The summed E-state index contributed by atoms with van der Waals surface area (Å²) in [6.07, 6.45) is 2.08. The quantitative estimate of drug-likeness (QED) is 0.617. The molecule has 0 fully saturated rings. The van der Waals surface area contributed by atoms with Crippen LogP contribution in [0.2, 0.25) is 0 Å². The van der Waals surface area contributed by atoms with Gasteiger partial charge in [-0.25, -0.2) is 4.79 Å². The first kappa shape index (κ1) is 16.8. The minimum Gasteiger partial charge on any atom is -0.493 e. The monoisotopic (exact) mass is 291 g/mol. The van der Waals surface area contributed by atoms with Crippen LogP contribution < -0.4 is 10.1 Å². The summed E-state index contributed by atoms with van der Waals surface area (Å²) in [5.41, 5.74) is 0.780. The Bertz CT molecular complexity index is 511. The molecule has 0 aliphatic carbocycles. The first-order valence-corrected chi connectivity index (χ1v) is 6.96. The highest BCUT2D eigenvalue weighted by Gasteiger charge is 2.15. The molecule has 0 saturated carbocycles. The molecule has 1 amide bonds. The van der Waals surface area contributed by atoms with E-state index in [1.165, 1.54) is 13.0 Å². The smallest absolute Gasteiger partial charge is 0.331 e. The molecule has 0 spiro atoms. The molecule has 1 aromatic rings. The maximum Gasteiger partial charge on any atom is 0.331 e. The molecular weight excluding hydrogens is 270 g/mol. The molecule has 0 heterocycles. The number of rotatable bonds is 7. The molecule has 0 radical (unpaired) electrons. The molecule has 21 heavy (non-hydrogen) atoms.